The van der Waals surface area contributed by atoms with E-state index in [2.05, 4.69) is 33.3 Å². The molecule has 0 aliphatic rings. The van der Waals surface area contributed by atoms with Gasteiger partial charge in [0, 0.05) is 34.3 Å². The number of carbonyl (C=O) groups excluding carboxylic acids is 1. The first-order valence-electron chi connectivity index (χ1n) is 14.0. The van der Waals surface area contributed by atoms with Crippen molar-refractivity contribution in [3.05, 3.63) is 135 Å². The Hall–Kier alpha value is -6.35. The second-order valence-electron chi connectivity index (χ2n) is 10.1. The lowest BCUT2D eigenvalue weighted by Gasteiger charge is -2.12. The van der Waals surface area contributed by atoms with Crippen LogP contribution < -0.4 is 19.6 Å². The number of nitriles is 1. The molecule has 0 saturated heterocycles. The highest BCUT2D eigenvalue weighted by Crippen LogP contribution is 2.38. The molecule has 3 aromatic carbocycles. The number of benzene rings is 3. The first-order valence-corrected chi connectivity index (χ1v) is 14.0. The van der Waals surface area contributed by atoms with Crippen molar-refractivity contribution in [2.75, 3.05) is 7.11 Å². The number of nitro benzene ring substituents is 1. The monoisotopic (exact) mass is 619 g/mol. The van der Waals surface area contributed by atoms with Crippen LogP contribution in [0.3, 0.4) is 0 Å². The first-order chi connectivity index (χ1) is 22.3. The lowest BCUT2D eigenvalue weighted by atomic mass is 10.1. The van der Waals surface area contributed by atoms with E-state index in [1.54, 1.807) is 30.3 Å². The van der Waals surface area contributed by atoms with Crippen LogP contribution in [-0.4, -0.2) is 28.7 Å². The molecule has 0 unspecified atom stereocenters. The number of aromatic nitrogens is 1. The minimum atomic E-state index is -0.623. The fraction of sp³-hybridized carbons (Fsp3) is 0.147. The summed E-state index contributed by atoms with van der Waals surface area (Å²) in [6.45, 7) is 4.12. The van der Waals surface area contributed by atoms with Gasteiger partial charge in [-0.15, -0.1) is 0 Å². The van der Waals surface area contributed by atoms with Gasteiger partial charge in [-0.05, 0) is 74.5 Å². The second-order valence-corrected chi connectivity index (χ2v) is 10.1. The highest BCUT2D eigenvalue weighted by molar-refractivity contribution is 5.92. The zero-order valence-corrected chi connectivity index (χ0v) is 25.2. The summed E-state index contributed by atoms with van der Waals surface area (Å²) in [5.74, 6) is 0.441. The molecule has 12 nitrogen and oxygen atoms in total. The number of nitrogens with zero attached hydrogens (tertiary/aromatic N) is 4. The molecular formula is C34H29N5O7. The Labute approximate surface area is 264 Å². The molecular weight excluding hydrogens is 590 g/mol. The van der Waals surface area contributed by atoms with Crippen LogP contribution in [0.2, 0.25) is 0 Å². The molecule has 0 atom stereocenters. The molecule has 5 rings (SSSR count). The van der Waals surface area contributed by atoms with E-state index in [0.717, 1.165) is 17.1 Å². The number of nitrogens with one attached hydrogen (secondary N) is 1. The summed E-state index contributed by atoms with van der Waals surface area (Å²) in [6, 6.07) is 26.5. The van der Waals surface area contributed by atoms with Crippen LogP contribution >= 0.6 is 0 Å². The molecule has 232 valence electrons. The number of furan rings is 1. The summed E-state index contributed by atoms with van der Waals surface area (Å²) in [5.41, 5.74) is 6.50. The summed E-state index contributed by atoms with van der Waals surface area (Å²) in [5, 5.41) is 25.1. The van der Waals surface area contributed by atoms with Crippen molar-refractivity contribution in [2.24, 2.45) is 5.10 Å². The molecule has 0 saturated carbocycles. The van der Waals surface area contributed by atoms with Gasteiger partial charge in [-0.1, -0.05) is 18.2 Å². The number of carbonyl (C=O) groups is 1. The number of rotatable bonds is 12. The Morgan fingerprint density at radius 2 is 1.76 bits per heavy atom. The standard InChI is InChI=1S/C34H29N5O7/c1-22-8-9-23(2)38(22)27-10-12-28(13-11-27)44-21-29-14-15-31(46-29)34(40)37-36-19-24-16-30(39(41)42)33(32(17-24)43-3)45-20-26-7-5-4-6-25(26)18-35/h4-17,19H,20-21H2,1-3H3,(H,37,40)/b36-19+. The minimum absolute atomic E-state index is 0.00890. The van der Waals surface area contributed by atoms with Crippen molar-refractivity contribution in [1.29, 1.82) is 5.26 Å². The van der Waals surface area contributed by atoms with Gasteiger partial charge < -0.3 is 23.2 Å². The van der Waals surface area contributed by atoms with Gasteiger partial charge in [-0.2, -0.15) is 10.4 Å². The summed E-state index contributed by atoms with van der Waals surface area (Å²) >= 11 is 0. The molecule has 5 aromatic rings. The third-order valence-corrected chi connectivity index (χ3v) is 7.00. The van der Waals surface area contributed by atoms with Gasteiger partial charge in [-0.25, -0.2) is 5.43 Å². The van der Waals surface area contributed by atoms with E-state index in [0.29, 0.717) is 22.6 Å². The highest BCUT2D eigenvalue weighted by Gasteiger charge is 2.23. The summed E-state index contributed by atoms with van der Waals surface area (Å²) in [4.78, 5) is 23.9. The van der Waals surface area contributed by atoms with Crippen molar-refractivity contribution in [2.45, 2.75) is 27.1 Å². The zero-order chi connectivity index (χ0) is 32.6. The van der Waals surface area contributed by atoms with Crippen molar-refractivity contribution < 1.29 is 28.3 Å². The molecule has 46 heavy (non-hydrogen) atoms. The van der Waals surface area contributed by atoms with Gasteiger partial charge in [0.2, 0.25) is 5.75 Å². The molecule has 2 heterocycles. The minimum Gasteiger partial charge on any atom is -0.493 e. The molecule has 0 aliphatic carbocycles. The number of nitro groups is 1. The van der Waals surface area contributed by atoms with E-state index >= 15 is 0 Å². The van der Waals surface area contributed by atoms with E-state index < -0.39 is 10.8 Å². The number of hydrogen-bond acceptors (Lipinski definition) is 9. The average molecular weight is 620 g/mol. The van der Waals surface area contributed by atoms with E-state index in [-0.39, 0.29) is 41.7 Å². The van der Waals surface area contributed by atoms with Gasteiger partial charge in [0.1, 0.15) is 24.7 Å². The Morgan fingerprint density at radius 3 is 2.46 bits per heavy atom. The molecule has 1 amide bonds. The molecule has 0 aliphatic heterocycles. The van der Waals surface area contributed by atoms with Crippen LogP contribution in [0.5, 0.6) is 17.2 Å². The van der Waals surface area contributed by atoms with Crippen molar-refractivity contribution >= 4 is 17.8 Å². The second kappa shape index (κ2) is 14.0. The Morgan fingerprint density at radius 1 is 1.02 bits per heavy atom. The summed E-state index contributed by atoms with van der Waals surface area (Å²) in [7, 11) is 1.34. The lowest BCUT2D eigenvalue weighted by molar-refractivity contribution is -0.386. The smallest absolute Gasteiger partial charge is 0.315 e. The maximum absolute atomic E-state index is 12.6. The molecule has 0 spiro atoms. The Bertz CT molecular complexity index is 1930. The lowest BCUT2D eigenvalue weighted by Crippen LogP contribution is -2.16. The van der Waals surface area contributed by atoms with Crippen molar-refractivity contribution in [3.63, 3.8) is 0 Å². The molecule has 0 fully saturated rings. The number of methoxy groups -OCH3 is 1. The number of amides is 1. The molecule has 12 heteroatoms. The maximum Gasteiger partial charge on any atom is 0.315 e. The molecule has 2 aromatic heterocycles. The predicted molar refractivity (Wildman–Crippen MR) is 168 cm³/mol. The number of ether oxygens (including phenoxy) is 3. The topological polar surface area (TPSA) is 154 Å². The SMILES string of the molecule is COc1cc(/C=N/NC(=O)c2ccc(COc3ccc(-n4c(C)ccc4C)cc3)o2)cc([N+](=O)[O-])c1OCc1ccccc1C#N. The third-order valence-electron chi connectivity index (χ3n) is 7.00. The largest absolute Gasteiger partial charge is 0.493 e. The third kappa shape index (κ3) is 7.06. The van der Waals surface area contributed by atoms with Gasteiger partial charge in [0.25, 0.3) is 0 Å². The fourth-order valence-electron chi connectivity index (χ4n) is 4.74. The van der Waals surface area contributed by atoms with Gasteiger partial charge in [-0.3, -0.25) is 14.9 Å². The zero-order valence-electron chi connectivity index (χ0n) is 25.2. The number of aryl methyl sites for hydroxylation is 2. The summed E-state index contributed by atoms with van der Waals surface area (Å²) < 4.78 is 24.6. The predicted octanol–water partition coefficient (Wildman–Crippen LogP) is 6.40. The first kappa shape index (κ1) is 31.1. The number of hydrazone groups is 1. The fourth-order valence-corrected chi connectivity index (χ4v) is 4.74. The van der Waals surface area contributed by atoms with Crippen molar-refractivity contribution in [3.8, 4) is 29.0 Å². The van der Waals surface area contributed by atoms with Crippen molar-refractivity contribution in [1.82, 2.24) is 9.99 Å². The van der Waals surface area contributed by atoms with Crippen LogP contribution in [0, 0.1) is 35.3 Å². The van der Waals surface area contributed by atoms with E-state index in [9.17, 15) is 20.2 Å². The molecule has 1 N–H and O–H groups in total. The Kier molecular flexibility index (Phi) is 9.43. The average Bonchev–Trinajstić information content (AvgIpc) is 3.68. The van der Waals surface area contributed by atoms with Crippen LogP contribution in [-0.2, 0) is 13.2 Å². The van der Waals surface area contributed by atoms with Gasteiger partial charge in [0.15, 0.2) is 11.5 Å². The Balaban J connectivity index is 1.20. The molecule has 0 bridgehead atoms. The van der Waals surface area contributed by atoms with E-state index in [1.807, 2.05) is 38.1 Å². The van der Waals surface area contributed by atoms with Crippen LogP contribution in [0.15, 0.2) is 94.4 Å². The highest BCUT2D eigenvalue weighted by atomic mass is 16.6. The van der Waals surface area contributed by atoms with E-state index in [4.69, 9.17) is 18.6 Å². The van der Waals surface area contributed by atoms with E-state index in [1.165, 1.54) is 31.5 Å². The number of hydrogen-bond donors (Lipinski definition) is 1. The van der Waals surface area contributed by atoms with Gasteiger partial charge >= 0.3 is 11.6 Å². The summed E-state index contributed by atoms with van der Waals surface area (Å²) in [6.07, 6.45) is 1.23. The quantitative estimate of drug-likeness (QED) is 0.0956. The van der Waals surface area contributed by atoms with Crippen LogP contribution in [0.25, 0.3) is 5.69 Å². The maximum atomic E-state index is 12.6. The van der Waals surface area contributed by atoms with Crippen LogP contribution in [0.1, 0.15) is 44.4 Å². The van der Waals surface area contributed by atoms with Crippen LogP contribution in [0.4, 0.5) is 5.69 Å². The molecule has 0 radical (unpaired) electrons. The normalized spacial score (nSPS) is 10.8. The van der Waals surface area contributed by atoms with Gasteiger partial charge in [0.05, 0.1) is 29.9 Å².